The molecule has 0 amide bonds. The van der Waals surface area contributed by atoms with Gasteiger partial charge in [-0.25, -0.2) is 15.0 Å². The number of fused-ring (bicyclic) bond motifs is 4. The second-order valence-corrected chi connectivity index (χ2v) is 11.9. The SMILES string of the molecule is Cc1cccc(NC2=Nc3ccccc3N3C2=Nc2c(c(C)nn2-c2ccccn2)[C@@H]3c2ccc(C(C)(C)C)cc2)c1. The summed E-state index contributed by atoms with van der Waals surface area (Å²) in [5.41, 5.74) is 8.50. The van der Waals surface area contributed by atoms with E-state index < -0.39 is 0 Å². The van der Waals surface area contributed by atoms with Crippen LogP contribution in [-0.2, 0) is 5.41 Å². The Bertz CT molecular complexity index is 1860. The van der Waals surface area contributed by atoms with Crippen LogP contribution < -0.4 is 10.2 Å². The lowest BCUT2D eigenvalue weighted by molar-refractivity contribution is 0.589. The number of aromatic nitrogens is 3. The molecule has 0 aliphatic carbocycles. The van der Waals surface area contributed by atoms with Crippen molar-refractivity contribution in [3.05, 3.63) is 125 Å². The third kappa shape index (κ3) is 4.38. The number of pyridine rings is 1. The van der Waals surface area contributed by atoms with Gasteiger partial charge in [-0.05, 0) is 72.4 Å². The van der Waals surface area contributed by atoms with E-state index >= 15 is 0 Å². The lowest BCUT2D eigenvalue weighted by atomic mass is 9.85. The summed E-state index contributed by atoms with van der Waals surface area (Å²) in [7, 11) is 0. The standard InChI is InChI=1S/C35H33N7/c1-22-11-10-12-26(21-22)37-32-34-39-33-30(23(2)40-42(33)29-15-8-9-20-36-29)31(24-16-18-25(19-17-24)35(3,4)5)41(34)28-14-7-6-13-27(28)38-32/h6-21,31H,1-5H3,(H,37,38)/t31-/m0/s1. The minimum absolute atomic E-state index is 0.0535. The average molecular weight is 552 g/mol. The first-order valence-electron chi connectivity index (χ1n) is 14.3. The molecule has 42 heavy (non-hydrogen) atoms. The highest BCUT2D eigenvalue weighted by molar-refractivity contribution is 6.51. The van der Waals surface area contributed by atoms with Gasteiger partial charge < -0.3 is 10.2 Å². The molecular weight excluding hydrogens is 518 g/mol. The van der Waals surface area contributed by atoms with Crippen LogP contribution in [0, 0.1) is 13.8 Å². The second kappa shape index (κ2) is 9.80. The van der Waals surface area contributed by atoms with Gasteiger partial charge in [0.2, 0.25) is 0 Å². The molecule has 7 heteroatoms. The van der Waals surface area contributed by atoms with Crippen molar-refractivity contribution >= 4 is 34.6 Å². The quantitative estimate of drug-likeness (QED) is 0.247. The first-order chi connectivity index (χ1) is 20.3. The van der Waals surface area contributed by atoms with E-state index in [1.807, 2.05) is 35.0 Å². The number of hydrogen-bond acceptors (Lipinski definition) is 6. The molecule has 2 aliphatic heterocycles. The minimum atomic E-state index is -0.176. The molecule has 2 aromatic heterocycles. The van der Waals surface area contributed by atoms with Crippen molar-refractivity contribution in [1.82, 2.24) is 14.8 Å². The molecule has 0 fully saturated rings. The molecule has 0 saturated carbocycles. The molecule has 1 atom stereocenters. The molecule has 208 valence electrons. The molecule has 2 aliphatic rings. The summed E-state index contributed by atoms with van der Waals surface area (Å²) in [6, 6.07) is 31.2. The van der Waals surface area contributed by atoms with Crippen LogP contribution >= 0.6 is 0 Å². The van der Waals surface area contributed by atoms with E-state index in [2.05, 4.69) is 110 Å². The zero-order chi connectivity index (χ0) is 29.0. The Morgan fingerprint density at radius 2 is 1.60 bits per heavy atom. The third-order valence-electron chi connectivity index (χ3n) is 7.88. The molecule has 4 heterocycles. The zero-order valence-corrected chi connectivity index (χ0v) is 24.5. The third-order valence-corrected chi connectivity index (χ3v) is 7.88. The summed E-state index contributed by atoms with van der Waals surface area (Å²) in [5.74, 6) is 2.92. The van der Waals surface area contributed by atoms with Gasteiger partial charge in [0.05, 0.1) is 23.1 Å². The summed E-state index contributed by atoms with van der Waals surface area (Å²) in [6.07, 6.45) is 1.78. The van der Waals surface area contributed by atoms with Crippen LogP contribution in [0.1, 0.15) is 54.8 Å². The van der Waals surface area contributed by atoms with E-state index in [1.165, 1.54) is 11.1 Å². The monoisotopic (exact) mass is 551 g/mol. The summed E-state index contributed by atoms with van der Waals surface area (Å²) in [4.78, 5) is 17.3. The number of benzene rings is 3. The van der Waals surface area contributed by atoms with E-state index in [-0.39, 0.29) is 11.5 Å². The van der Waals surface area contributed by atoms with E-state index in [9.17, 15) is 0 Å². The van der Waals surface area contributed by atoms with E-state index in [0.29, 0.717) is 5.84 Å². The van der Waals surface area contributed by atoms with Crippen LogP contribution in [0.25, 0.3) is 5.82 Å². The Balaban J connectivity index is 1.48. The van der Waals surface area contributed by atoms with Crippen molar-refractivity contribution in [2.24, 2.45) is 9.98 Å². The fraction of sp³-hybridized carbons (Fsp3) is 0.200. The lowest BCUT2D eigenvalue weighted by Crippen LogP contribution is -2.46. The molecule has 5 aromatic rings. The Labute approximate surface area is 246 Å². The van der Waals surface area contributed by atoms with Crippen molar-refractivity contribution in [2.45, 2.75) is 46.1 Å². The summed E-state index contributed by atoms with van der Waals surface area (Å²) < 4.78 is 1.86. The highest BCUT2D eigenvalue weighted by Gasteiger charge is 2.41. The van der Waals surface area contributed by atoms with Gasteiger partial charge in [-0.3, -0.25) is 0 Å². The van der Waals surface area contributed by atoms with E-state index in [4.69, 9.17) is 15.1 Å². The fourth-order valence-corrected chi connectivity index (χ4v) is 5.78. The second-order valence-electron chi connectivity index (χ2n) is 11.9. The maximum atomic E-state index is 5.31. The minimum Gasteiger partial charge on any atom is -0.337 e. The molecule has 3 aromatic carbocycles. The highest BCUT2D eigenvalue weighted by Crippen LogP contribution is 2.48. The molecule has 0 saturated heterocycles. The Morgan fingerprint density at radius 1 is 0.810 bits per heavy atom. The zero-order valence-electron chi connectivity index (χ0n) is 24.5. The largest absolute Gasteiger partial charge is 0.337 e. The van der Waals surface area contributed by atoms with Crippen LogP contribution in [0.4, 0.5) is 22.9 Å². The summed E-state index contributed by atoms with van der Waals surface area (Å²) in [5, 5.41) is 8.58. The van der Waals surface area contributed by atoms with Crippen LogP contribution in [0.3, 0.4) is 0 Å². The summed E-state index contributed by atoms with van der Waals surface area (Å²) >= 11 is 0. The Kier molecular flexibility index (Phi) is 6.04. The average Bonchev–Trinajstić information content (AvgIpc) is 3.32. The normalized spacial score (nSPS) is 15.7. The molecule has 7 nitrogen and oxygen atoms in total. The number of anilines is 2. The molecule has 0 unspecified atom stereocenters. The van der Waals surface area contributed by atoms with Crippen molar-refractivity contribution in [2.75, 3.05) is 10.2 Å². The Hall–Kier alpha value is -5.04. The lowest BCUT2D eigenvalue weighted by Gasteiger charge is -2.40. The molecule has 0 bridgehead atoms. The first-order valence-corrected chi connectivity index (χ1v) is 14.3. The molecular formula is C35H33N7. The van der Waals surface area contributed by atoms with Gasteiger partial charge in [-0.1, -0.05) is 75.4 Å². The number of aliphatic imine (C=N–C) groups is 2. The van der Waals surface area contributed by atoms with Crippen LogP contribution in [0.2, 0.25) is 0 Å². The molecule has 1 N–H and O–H groups in total. The van der Waals surface area contributed by atoms with Crippen LogP contribution in [0.15, 0.2) is 107 Å². The number of nitrogens with one attached hydrogen (secondary N) is 1. The summed E-state index contributed by atoms with van der Waals surface area (Å²) in [6.45, 7) is 10.9. The smallest absolute Gasteiger partial charge is 0.179 e. The topological polar surface area (TPSA) is 70.7 Å². The van der Waals surface area contributed by atoms with Crippen molar-refractivity contribution in [3.63, 3.8) is 0 Å². The van der Waals surface area contributed by atoms with Gasteiger partial charge in [-0.2, -0.15) is 9.78 Å². The molecule has 7 rings (SSSR count). The van der Waals surface area contributed by atoms with Gasteiger partial charge in [0, 0.05) is 17.4 Å². The van der Waals surface area contributed by atoms with Crippen molar-refractivity contribution < 1.29 is 0 Å². The first kappa shape index (κ1) is 25.9. The van der Waals surface area contributed by atoms with Gasteiger partial charge in [0.1, 0.15) is 0 Å². The highest BCUT2D eigenvalue weighted by atomic mass is 15.4. The molecule has 0 radical (unpaired) electrons. The number of para-hydroxylation sites is 2. The molecule has 0 spiro atoms. The predicted molar refractivity (Wildman–Crippen MR) is 171 cm³/mol. The van der Waals surface area contributed by atoms with Gasteiger partial charge in [0.15, 0.2) is 23.3 Å². The van der Waals surface area contributed by atoms with Crippen LogP contribution in [0.5, 0.6) is 0 Å². The van der Waals surface area contributed by atoms with Gasteiger partial charge >= 0.3 is 0 Å². The van der Waals surface area contributed by atoms with E-state index in [0.717, 1.165) is 51.4 Å². The van der Waals surface area contributed by atoms with Crippen LogP contribution in [-0.4, -0.2) is 26.4 Å². The number of amidine groups is 2. The predicted octanol–water partition coefficient (Wildman–Crippen LogP) is 7.98. The van der Waals surface area contributed by atoms with Crippen molar-refractivity contribution in [1.29, 1.82) is 0 Å². The van der Waals surface area contributed by atoms with Crippen molar-refractivity contribution in [3.8, 4) is 5.82 Å². The van der Waals surface area contributed by atoms with Gasteiger partial charge in [-0.15, -0.1) is 0 Å². The number of aryl methyl sites for hydroxylation is 2. The van der Waals surface area contributed by atoms with E-state index in [1.54, 1.807) is 6.20 Å². The van der Waals surface area contributed by atoms with Gasteiger partial charge in [0.25, 0.3) is 0 Å². The number of hydrogen-bond donors (Lipinski definition) is 1. The fourth-order valence-electron chi connectivity index (χ4n) is 5.78. The number of rotatable bonds is 3. The maximum absolute atomic E-state index is 5.31. The Morgan fingerprint density at radius 3 is 2.33 bits per heavy atom. The number of nitrogens with zero attached hydrogens (tertiary/aromatic N) is 6. The maximum Gasteiger partial charge on any atom is 0.179 e.